The van der Waals surface area contributed by atoms with Crippen LogP contribution in [0.5, 0.6) is 11.5 Å². The zero-order chi connectivity index (χ0) is 19.5. The molecule has 4 rings (SSSR count). The first-order valence-electron chi connectivity index (χ1n) is 9.42. The summed E-state index contributed by atoms with van der Waals surface area (Å²) >= 11 is 0. The van der Waals surface area contributed by atoms with Crippen molar-refractivity contribution in [2.24, 2.45) is 0 Å². The summed E-state index contributed by atoms with van der Waals surface area (Å²) in [6.07, 6.45) is 1.42. The lowest BCUT2D eigenvalue weighted by Crippen LogP contribution is -2.62. The molecular weight excluding hydrogens is 356 g/mol. The van der Waals surface area contributed by atoms with Crippen molar-refractivity contribution in [2.75, 3.05) is 20.3 Å². The highest BCUT2D eigenvalue weighted by atomic mass is 16.5. The molecule has 2 saturated heterocycles. The van der Waals surface area contributed by atoms with Crippen LogP contribution in [0.25, 0.3) is 0 Å². The smallest absolute Gasteiger partial charge is 0.266 e. The van der Waals surface area contributed by atoms with Gasteiger partial charge in [-0.15, -0.1) is 0 Å². The van der Waals surface area contributed by atoms with E-state index in [1.165, 1.54) is 0 Å². The summed E-state index contributed by atoms with van der Waals surface area (Å²) in [7, 11) is 1.62. The number of hydrogen-bond donors (Lipinski definition) is 0. The Balaban J connectivity index is 1.60. The molecule has 2 aromatic rings. The second kappa shape index (κ2) is 7.91. The summed E-state index contributed by atoms with van der Waals surface area (Å²) in [4.78, 5) is 14.7. The van der Waals surface area contributed by atoms with Gasteiger partial charge < -0.3 is 19.1 Å². The van der Waals surface area contributed by atoms with E-state index in [2.05, 4.69) is 6.07 Å². The Morgan fingerprint density at radius 1 is 1.21 bits per heavy atom. The number of rotatable bonds is 6. The fourth-order valence-corrected chi connectivity index (χ4v) is 3.81. The van der Waals surface area contributed by atoms with Crippen LogP contribution in [0, 0.1) is 11.3 Å². The van der Waals surface area contributed by atoms with Gasteiger partial charge in [0.15, 0.2) is 0 Å². The maximum Gasteiger partial charge on any atom is 0.266 e. The Labute approximate surface area is 164 Å². The Morgan fingerprint density at radius 2 is 2.04 bits per heavy atom. The second-order valence-electron chi connectivity index (χ2n) is 7.03. The van der Waals surface area contributed by atoms with Crippen LogP contribution in [0.2, 0.25) is 0 Å². The number of benzene rings is 2. The Hall–Kier alpha value is -3.04. The van der Waals surface area contributed by atoms with Gasteiger partial charge in [-0.2, -0.15) is 5.26 Å². The first kappa shape index (κ1) is 18.3. The molecule has 6 nitrogen and oxygen atoms in total. The number of nitriles is 1. The van der Waals surface area contributed by atoms with Crippen LogP contribution in [0.4, 0.5) is 0 Å². The zero-order valence-corrected chi connectivity index (χ0v) is 15.7. The third-order valence-electron chi connectivity index (χ3n) is 5.23. The van der Waals surface area contributed by atoms with Gasteiger partial charge >= 0.3 is 0 Å². The maximum absolute atomic E-state index is 12.9. The summed E-state index contributed by atoms with van der Waals surface area (Å²) in [5, 5.41) is 9.10. The largest absolute Gasteiger partial charge is 0.497 e. The highest BCUT2D eigenvalue weighted by Crippen LogP contribution is 2.39. The van der Waals surface area contributed by atoms with Crippen molar-refractivity contribution in [1.29, 1.82) is 5.26 Å². The predicted octanol–water partition coefficient (Wildman–Crippen LogP) is 3.08. The van der Waals surface area contributed by atoms with Crippen molar-refractivity contribution in [3.05, 3.63) is 59.7 Å². The molecule has 0 radical (unpaired) electrons. The summed E-state index contributed by atoms with van der Waals surface area (Å²) in [6, 6.07) is 16.4. The maximum atomic E-state index is 12.9. The lowest BCUT2D eigenvalue weighted by atomic mass is 9.89. The normalized spacial score (nSPS) is 23.8. The summed E-state index contributed by atoms with van der Waals surface area (Å²) in [5.74, 6) is 1.19. The van der Waals surface area contributed by atoms with E-state index in [4.69, 9.17) is 19.5 Å². The summed E-state index contributed by atoms with van der Waals surface area (Å²) < 4.78 is 17.1. The number of ether oxygens (including phenoxy) is 3. The van der Waals surface area contributed by atoms with Gasteiger partial charge in [-0.1, -0.05) is 18.2 Å². The number of carbonyl (C=O) groups excluding carboxylic acids is 1. The molecule has 6 heteroatoms. The molecular formula is C22H22N2O4. The third-order valence-corrected chi connectivity index (χ3v) is 5.23. The molecule has 0 aromatic heterocycles. The topological polar surface area (TPSA) is 71.8 Å². The van der Waals surface area contributed by atoms with E-state index in [-0.39, 0.29) is 18.1 Å². The van der Waals surface area contributed by atoms with Crippen LogP contribution in [0.3, 0.4) is 0 Å². The number of β-lactam (4-membered cyclic amide) rings is 1. The zero-order valence-electron chi connectivity index (χ0n) is 15.7. The van der Waals surface area contributed by atoms with E-state index < -0.39 is 6.10 Å². The minimum Gasteiger partial charge on any atom is -0.497 e. The van der Waals surface area contributed by atoms with Crippen LogP contribution in [0.1, 0.15) is 30.0 Å². The van der Waals surface area contributed by atoms with Crippen molar-refractivity contribution < 1.29 is 19.0 Å². The van der Waals surface area contributed by atoms with Crippen molar-refractivity contribution in [1.82, 2.24) is 4.90 Å². The van der Waals surface area contributed by atoms with E-state index in [0.29, 0.717) is 17.9 Å². The molecule has 2 aromatic carbocycles. The number of likely N-dealkylation sites (tertiary alicyclic amines) is 1. The van der Waals surface area contributed by atoms with Crippen LogP contribution < -0.4 is 9.47 Å². The van der Waals surface area contributed by atoms with Crippen molar-refractivity contribution in [3.8, 4) is 17.6 Å². The first-order chi connectivity index (χ1) is 13.7. The van der Waals surface area contributed by atoms with Gasteiger partial charge in [-0.05, 0) is 48.7 Å². The average Bonchev–Trinajstić information content (AvgIpc) is 3.26. The van der Waals surface area contributed by atoms with Gasteiger partial charge in [-0.25, -0.2) is 0 Å². The Kier molecular flexibility index (Phi) is 5.18. The fraction of sp³-hybridized carbons (Fsp3) is 0.364. The standard InChI is InChI=1S/C22H22N2O4/c1-26-17-7-3-6-16(12-17)20-21(28-18-8-2-5-15(11-18)13-23)22(25)24(20)14-19-9-4-10-27-19/h2-3,5-8,11-12,19-21H,4,9-10,14H2,1H3/t19-,20+,21+/m0/s1. The number of amides is 1. The molecule has 2 fully saturated rings. The van der Waals surface area contributed by atoms with Crippen LogP contribution in [-0.2, 0) is 9.53 Å². The van der Waals surface area contributed by atoms with Crippen molar-refractivity contribution in [3.63, 3.8) is 0 Å². The number of nitrogens with zero attached hydrogens (tertiary/aromatic N) is 2. The van der Waals surface area contributed by atoms with E-state index in [0.717, 1.165) is 30.8 Å². The van der Waals surface area contributed by atoms with Crippen molar-refractivity contribution >= 4 is 5.91 Å². The molecule has 3 atom stereocenters. The highest BCUT2D eigenvalue weighted by Gasteiger charge is 2.51. The number of hydrogen-bond acceptors (Lipinski definition) is 5. The molecule has 2 aliphatic rings. The van der Waals surface area contributed by atoms with Gasteiger partial charge in [0.25, 0.3) is 5.91 Å². The van der Waals surface area contributed by atoms with E-state index in [1.807, 2.05) is 29.2 Å². The second-order valence-corrected chi connectivity index (χ2v) is 7.03. The van der Waals surface area contributed by atoms with E-state index >= 15 is 0 Å². The summed E-state index contributed by atoms with van der Waals surface area (Å²) in [6.45, 7) is 1.30. The molecule has 0 aliphatic carbocycles. The Morgan fingerprint density at radius 3 is 2.79 bits per heavy atom. The van der Waals surface area contributed by atoms with Crippen molar-refractivity contribution in [2.45, 2.75) is 31.1 Å². The van der Waals surface area contributed by atoms with Gasteiger partial charge in [0.2, 0.25) is 6.10 Å². The van der Waals surface area contributed by atoms with E-state index in [1.54, 1.807) is 31.4 Å². The number of carbonyl (C=O) groups is 1. The van der Waals surface area contributed by atoms with Crippen LogP contribution >= 0.6 is 0 Å². The third kappa shape index (κ3) is 3.54. The fourth-order valence-electron chi connectivity index (χ4n) is 3.81. The lowest BCUT2D eigenvalue weighted by molar-refractivity contribution is -0.167. The van der Waals surface area contributed by atoms with Gasteiger partial charge in [0, 0.05) is 13.2 Å². The van der Waals surface area contributed by atoms with Crippen LogP contribution in [0.15, 0.2) is 48.5 Å². The van der Waals surface area contributed by atoms with Gasteiger partial charge in [0.05, 0.1) is 24.8 Å². The number of methoxy groups -OCH3 is 1. The monoisotopic (exact) mass is 378 g/mol. The molecule has 0 unspecified atom stereocenters. The molecule has 1 amide bonds. The summed E-state index contributed by atoms with van der Waals surface area (Å²) in [5.41, 5.74) is 1.46. The lowest BCUT2D eigenvalue weighted by Gasteiger charge is -2.47. The molecule has 2 heterocycles. The van der Waals surface area contributed by atoms with Crippen LogP contribution in [-0.4, -0.2) is 43.3 Å². The van der Waals surface area contributed by atoms with Gasteiger partial charge in [0.1, 0.15) is 17.5 Å². The highest BCUT2D eigenvalue weighted by molar-refractivity contribution is 5.89. The van der Waals surface area contributed by atoms with E-state index in [9.17, 15) is 4.79 Å². The minimum absolute atomic E-state index is 0.0642. The van der Waals surface area contributed by atoms with Gasteiger partial charge in [-0.3, -0.25) is 4.79 Å². The molecule has 2 aliphatic heterocycles. The first-order valence-corrected chi connectivity index (χ1v) is 9.42. The predicted molar refractivity (Wildman–Crippen MR) is 102 cm³/mol. The molecule has 0 bridgehead atoms. The quantitative estimate of drug-likeness (QED) is 0.723. The average molecular weight is 378 g/mol. The minimum atomic E-state index is -0.637. The molecule has 0 spiro atoms. The molecule has 0 saturated carbocycles. The molecule has 0 N–H and O–H groups in total. The Bertz CT molecular complexity index is 901. The molecule has 28 heavy (non-hydrogen) atoms. The molecule has 144 valence electrons. The SMILES string of the molecule is COc1cccc([C@@H]2[C@@H](Oc3cccc(C#N)c3)C(=O)N2C[C@@H]2CCCO2)c1.